The second-order valence-electron chi connectivity index (χ2n) is 8.91. The lowest BCUT2D eigenvalue weighted by Crippen LogP contribution is -2.25. The molecule has 0 spiro atoms. The summed E-state index contributed by atoms with van der Waals surface area (Å²) in [6.45, 7) is 8.96. The van der Waals surface area contributed by atoms with Gasteiger partial charge in [-0.25, -0.2) is 9.97 Å². The number of anilines is 2. The van der Waals surface area contributed by atoms with Crippen LogP contribution >= 0.6 is 0 Å². The van der Waals surface area contributed by atoms with E-state index in [2.05, 4.69) is 58.4 Å². The highest BCUT2D eigenvalue weighted by atomic mass is 16.5. The van der Waals surface area contributed by atoms with E-state index in [0.717, 1.165) is 48.9 Å². The van der Waals surface area contributed by atoms with Gasteiger partial charge in [0.05, 0.1) is 17.3 Å². The molecule has 0 radical (unpaired) electrons. The fourth-order valence-electron chi connectivity index (χ4n) is 4.06. The van der Waals surface area contributed by atoms with E-state index in [1.807, 2.05) is 36.4 Å². The summed E-state index contributed by atoms with van der Waals surface area (Å²) in [7, 11) is 0. The first-order valence-corrected chi connectivity index (χ1v) is 12.5. The minimum atomic E-state index is -0.182. The maximum atomic E-state index is 12.8. The van der Waals surface area contributed by atoms with Gasteiger partial charge in [-0.15, -0.1) is 0 Å². The van der Waals surface area contributed by atoms with Gasteiger partial charge in [0.2, 0.25) is 5.91 Å². The van der Waals surface area contributed by atoms with Gasteiger partial charge >= 0.3 is 0 Å². The first kappa shape index (κ1) is 24.7. The van der Waals surface area contributed by atoms with E-state index in [1.54, 1.807) is 12.4 Å². The summed E-state index contributed by atoms with van der Waals surface area (Å²) in [4.78, 5) is 24.0. The van der Waals surface area contributed by atoms with Crippen LogP contribution in [0.15, 0.2) is 60.9 Å². The molecule has 0 unspecified atom stereocenters. The molecule has 1 aliphatic rings. The van der Waals surface area contributed by atoms with E-state index in [9.17, 15) is 4.79 Å². The van der Waals surface area contributed by atoms with Crippen molar-refractivity contribution in [2.45, 2.75) is 52.2 Å². The monoisotopic (exact) mass is 473 g/mol. The molecule has 3 aromatic rings. The van der Waals surface area contributed by atoms with Gasteiger partial charge in [0.25, 0.3) is 0 Å². The smallest absolute Gasteiger partial charge is 0.248 e. The number of rotatable bonds is 11. The van der Waals surface area contributed by atoms with Crippen LogP contribution in [0.1, 0.15) is 51.6 Å². The Bertz CT molecular complexity index is 1160. The number of likely N-dealkylation sites (N-methyl/N-ethyl adjacent to an activating group) is 1. The number of amides is 1. The average molecular weight is 474 g/mol. The summed E-state index contributed by atoms with van der Waals surface area (Å²) in [6, 6.07) is 14.1. The van der Waals surface area contributed by atoms with Crippen LogP contribution in [0.25, 0.3) is 10.9 Å². The van der Waals surface area contributed by atoms with Gasteiger partial charge in [-0.2, -0.15) is 0 Å². The second kappa shape index (κ2) is 11.8. The molecule has 7 nitrogen and oxygen atoms in total. The third-order valence-electron chi connectivity index (χ3n) is 6.52. The maximum Gasteiger partial charge on any atom is 0.248 e. The van der Waals surface area contributed by atoms with Gasteiger partial charge in [0.15, 0.2) is 0 Å². The van der Waals surface area contributed by atoms with Crippen molar-refractivity contribution in [1.29, 1.82) is 0 Å². The van der Waals surface area contributed by atoms with E-state index in [-0.39, 0.29) is 18.1 Å². The molecule has 7 heteroatoms. The number of benzene rings is 2. The zero-order valence-corrected chi connectivity index (χ0v) is 20.8. The molecule has 2 N–H and O–H groups in total. The highest BCUT2D eigenvalue weighted by Crippen LogP contribution is 2.36. The first-order valence-electron chi connectivity index (χ1n) is 12.5. The number of fused-ring (bicyclic) bond motifs is 1. The van der Waals surface area contributed by atoms with E-state index < -0.39 is 0 Å². The predicted molar refractivity (Wildman–Crippen MR) is 142 cm³/mol. The third-order valence-corrected chi connectivity index (χ3v) is 6.52. The van der Waals surface area contributed by atoms with Crippen molar-refractivity contribution in [1.82, 2.24) is 14.9 Å². The molecule has 1 fully saturated rings. The van der Waals surface area contributed by atoms with Gasteiger partial charge in [0, 0.05) is 30.1 Å². The van der Waals surface area contributed by atoms with Crippen LogP contribution in [0.4, 0.5) is 11.5 Å². The number of carbonyl (C=O) groups is 1. The van der Waals surface area contributed by atoms with Gasteiger partial charge in [0.1, 0.15) is 17.9 Å². The molecule has 1 aromatic heterocycles. The van der Waals surface area contributed by atoms with Crippen LogP contribution in [-0.2, 0) is 4.79 Å². The average Bonchev–Trinajstić information content (AvgIpc) is 2.85. The van der Waals surface area contributed by atoms with Crippen LogP contribution < -0.4 is 15.4 Å². The molecule has 35 heavy (non-hydrogen) atoms. The molecule has 4 rings (SSSR count). The molecule has 1 atom stereocenters. The van der Waals surface area contributed by atoms with Gasteiger partial charge in [-0.05, 0) is 50.9 Å². The van der Waals surface area contributed by atoms with Crippen molar-refractivity contribution in [2.75, 3.05) is 30.3 Å². The number of ether oxygens (including phenoxy) is 1. The summed E-state index contributed by atoms with van der Waals surface area (Å²) in [5, 5.41) is 7.36. The van der Waals surface area contributed by atoms with E-state index >= 15 is 0 Å². The first-order chi connectivity index (χ1) is 17.1. The van der Waals surface area contributed by atoms with Gasteiger partial charge in [-0.3, -0.25) is 4.79 Å². The number of nitrogens with one attached hydrogen (secondary N) is 2. The molecular formula is C28H35N5O2. The Morgan fingerprint density at radius 1 is 1.17 bits per heavy atom. The van der Waals surface area contributed by atoms with E-state index in [0.29, 0.717) is 17.3 Å². The van der Waals surface area contributed by atoms with Crippen LogP contribution in [0.5, 0.6) is 5.75 Å². The molecule has 2 aromatic carbocycles. The third kappa shape index (κ3) is 6.36. The standard InChI is InChI=1S/C28H35N5O2/c1-4-33(5-2)16-10-15-27(34)32-25-17-23-24(18-26(25)35-22-13-9-14-22)29-19-30-28(23)31-20(3)21-11-7-6-8-12-21/h6-8,10-12,15,17-20,22H,4-5,9,13-14,16H2,1-3H3,(H,32,34)(H,29,30,31)/b15-10+/t20-/m1/s1. The molecular weight excluding hydrogens is 438 g/mol. The van der Waals surface area contributed by atoms with Crippen LogP contribution in [0.3, 0.4) is 0 Å². The minimum absolute atomic E-state index is 0.0567. The van der Waals surface area contributed by atoms with E-state index in [4.69, 9.17) is 4.74 Å². The lowest BCUT2D eigenvalue weighted by molar-refractivity contribution is -0.111. The van der Waals surface area contributed by atoms with E-state index in [1.165, 1.54) is 6.42 Å². The fraction of sp³-hybridized carbons (Fsp3) is 0.393. The Balaban J connectivity index is 1.60. The van der Waals surface area contributed by atoms with Crippen molar-refractivity contribution < 1.29 is 9.53 Å². The number of aromatic nitrogens is 2. The highest BCUT2D eigenvalue weighted by Gasteiger charge is 2.22. The lowest BCUT2D eigenvalue weighted by atomic mass is 9.96. The maximum absolute atomic E-state index is 12.8. The normalized spacial score (nSPS) is 14.7. The summed E-state index contributed by atoms with van der Waals surface area (Å²) in [5.41, 5.74) is 2.57. The molecule has 1 heterocycles. The van der Waals surface area contributed by atoms with Crippen LogP contribution in [0, 0.1) is 0 Å². The number of hydrogen-bond acceptors (Lipinski definition) is 6. The summed E-state index contributed by atoms with van der Waals surface area (Å²) >= 11 is 0. The summed E-state index contributed by atoms with van der Waals surface area (Å²) in [5.74, 6) is 1.18. The highest BCUT2D eigenvalue weighted by molar-refractivity contribution is 6.03. The number of hydrogen-bond donors (Lipinski definition) is 2. The summed E-state index contributed by atoms with van der Waals surface area (Å²) < 4.78 is 6.23. The van der Waals surface area contributed by atoms with Gasteiger partial charge in [-0.1, -0.05) is 50.3 Å². The molecule has 1 saturated carbocycles. The van der Waals surface area contributed by atoms with Crippen molar-refractivity contribution in [3.63, 3.8) is 0 Å². The zero-order valence-electron chi connectivity index (χ0n) is 20.8. The van der Waals surface area contributed by atoms with Gasteiger partial charge < -0.3 is 20.3 Å². The Kier molecular flexibility index (Phi) is 8.32. The minimum Gasteiger partial charge on any atom is -0.488 e. The molecule has 1 aliphatic carbocycles. The Labute approximate surface area is 207 Å². The molecule has 0 aliphatic heterocycles. The predicted octanol–water partition coefficient (Wildman–Crippen LogP) is 5.57. The summed E-state index contributed by atoms with van der Waals surface area (Å²) in [6.07, 6.45) is 8.45. The SMILES string of the molecule is CCN(CC)C/C=C/C(=O)Nc1cc2c(N[C@H](C)c3ccccc3)ncnc2cc1OC1CCC1. The molecule has 1 amide bonds. The molecule has 0 saturated heterocycles. The molecule has 184 valence electrons. The quantitative estimate of drug-likeness (QED) is 0.355. The Morgan fingerprint density at radius 3 is 2.63 bits per heavy atom. The topological polar surface area (TPSA) is 79.4 Å². The Morgan fingerprint density at radius 2 is 1.94 bits per heavy atom. The zero-order chi connectivity index (χ0) is 24.6. The lowest BCUT2D eigenvalue weighted by Gasteiger charge is -2.27. The Hall–Kier alpha value is -3.45. The van der Waals surface area contributed by atoms with Crippen LogP contribution in [-0.4, -0.2) is 46.5 Å². The number of nitrogens with zero attached hydrogens (tertiary/aromatic N) is 3. The number of carbonyl (C=O) groups excluding carboxylic acids is 1. The van der Waals surface area contributed by atoms with Crippen molar-refractivity contribution in [3.05, 3.63) is 66.5 Å². The molecule has 0 bridgehead atoms. The fourth-order valence-corrected chi connectivity index (χ4v) is 4.06. The van der Waals surface area contributed by atoms with Crippen molar-refractivity contribution >= 4 is 28.3 Å². The largest absolute Gasteiger partial charge is 0.488 e. The van der Waals surface area contributed by atoms with Crippen molar-refractivity contribution in [2.24, 2.45) is 0 Å². The van der Waals surface area contributed by atoms with Crippen LogP contribution in [0.2, 0.25) is 0 Å². The second-order valence-corrected chi connectivity index (χ2v) is 8.91. The van der Waals surface area contributed by atoms with Crippen molar-refractivity contribution in [3.8, 4) is 5.75 Å².